The molecule has 0 spiro atoms. The summed E-state index contributed by atoms with van der Waals surface area (Å²) in [6.07, 6.45) is 0. The molecule has 0 aliphatic rings. The lowest BCUT2D eigenvalue weighted by atomic mass is 10.0. The summed E-state index contributed by atoms with van der Waals surface area (Å²) >= 11 is 0. The van der Waals surface area contributed by atoms with Gasteiger partial charge in [0.1, 0.15) is 0 Å². The maximum atomic E-state index is 10.5. The number of nitro benzene ring substituents is 1. The minimum Gasteiger partial charge on any atom is -0.504 e. The monoisotopic (exact) mass is 245 g/mol. The molecule has 0 saturated carbocycles. The van der Waals surface area contributed by atoms with Gasteiger partial charge in [-0.15, -0.1) is 0 Å². The third kappa shape index (κ3) is 2.24. The molecule has 0 amide bonds. The molecule has 0 aromatic heterocycles. The summed E-state index contributed by atoms with van der Waals surface area (Å²) in [5, 5.41) is 20.0. The number of nitrogens with zero attached hydrogens (tertiary/aromatic N) is 1. The van der Waals surface area contributed by atoms with Crippen molar-refractivity contribution in [3.05, 3.63) is 52.6 Å². The smallest absolute Gasteiger partial charge is 0.269 e. The Morgan fingerprint density at radius 1 is 1.11 bits per heavy atom. The molecule has 5 nitrogen and oxygen atoms in total. The lowest BCUT2D eigenvalue weighted by Gasteiger charge is -2.06. The molecule has 5 heteroatoms. The molecule has 92 valence electrons. The Morgan fingerprint density at radius 3 is 2.28 bits per heavy atom. The Bertz CT molecular complexity index is 578. The standard InChI is InChI=1S/C13H11NO4/c1-18-13-8-10(4-7-12(13)15)9-2-5-11(6-3-9)14(16)17/h2-8,15H,1H3. The molecule has 0 aliphatic carbocycles. The summed E-state index contributed by atoms with van der Waals surface area (Å²) in [6.45, 7) is 0. The predicted molar refractivity (Wildman–Crippen MR) is 66.7 cm³/mol. The van der Waals surface area contributed by atoms with Gasteiger partial charge in [-0.3, -0.25) is 10.1 Å². The first kappa shape index (κ1) is 11.9. The van der Waals surface area contributed by atoms with Crippen LogP contribution in [-0.2, 0) is 0 Å². The molecule has 0 fully saturated rings. The van der Waals surface area contributed by atoms with E-state index in [1.807, 2.05) is 0 Å². The number of phenolic OH excluding ortho intramolecular Hbond substituents is 1. The van der Waals surface area contributed by atoms with Crippen molar-refractivity contribution in [2.45, 2.75) is 0 Å². The molecule has 1 N–H and O–H groups in total. The van der Waals surface area contributed by atoms with Gasteiger partial charge in [-0.05, 0) is 35.4 Å². The Labute approximate surface area is 103 Å². The fourth-order valence-electron chi connectivity index (χ4n) is 1.63. The van der Waals surface area contributed by atoms with Crippen molar-refractivity contribution in [1.82, 2.24) is 0 Å². The molecule has 0 saturated heterocycles. The van der Waals surface area contributed by atoms with Crippen molar-refractivity contribution >= 4 is 5.69 Å². The number of hydrogen-bond acceptors (Lipinski definition) is 4. The molecule has 0 aliphatic heterocycles. The summed E-state index contributed by atoms with van der Waals surface area (Å²) in [4.78, 5) is 10.1. The zero-order valence-corrected chi connectivity index (χ0v) is 9.66. The number of ether oxygens (including phenoxy) is 1. The van der Waals surface area contributed by atoms with E-state index >= 15 is 0 Å². The van der Waals surface area contributed by atoms with E-state index in [0.29, 0.717) is 5.75 Å². The van der Waals surface area contributed by atoms with Gasteiger partial charge in [0.2, 0.25) is 0 Å². The van der Waals surface area contributed by atoms with Crippen LogP contribution in [0.5, 0.6) is 11.5 Å². The summed E-state index contributed by atoms with van der Waals surface area (Å²) < 4.78 is 5.01. The van der Waals surface area contributed by atoms with Gasteiger partial charge in [0.05, 0.1) is 12.0 Å². The number of methoxy groups -OCH3 is 1. The summed E-state index contributed by atoms with van der Waals surface area (Å²) in [5.41, 5.74) is 1.68. The molecule has 0 unspecified atom stereocenters. The van der Waals surface area contributed by atoms with Crippen LogP contribution in [0.15, 0.2) is 42.5 Å². The third-order valence-corrected chi connectivity index (χ3v) is 2.59. The lowest BCUT2D eigenvalue weighted by Crippen LogP contribution is -1.88. The van der Waals surface area contributed by atoms with Gasteiger partial charge in [-0.25, -0.2) is 0 Å². The first-order valence-electron chi connectivity index (χ1n) is 5.23. The molecule has 0 atom stereocenters. The molecule has 0 radical (unpaired) electrons. The van der Waals surface area contributed by atoms with Crippen LogP contribution >= 0.6 is 0 Å². The van der Waals surface area contributed by atoms with Crippen LogP contribution in [0.3, 0.4) is 0 Å². The van der Waals surface area contributed by atoms with Gasteiger partial charge >= 0.3 is 0 Å². The zero-order chi connectivity index (χ0) is 13.1. The van der Waals surface area contributed by atoms with E-state index in [-0.39, 0.29) is 11.4 Å². The third-order valence-electron chi connectivity index (χ3n) is 2.59. The second-order valence-corrected chi connectivity index (χ2v) is 3.69. The van der Waals surface area contributed by atoms with Crippen molar-refractivity contribution in [2.24, 2.45) is 0 Å². The first-order chi connectivity index (χ1) is 8.61. The SMILES string of the molecule is COc1cc(-c2ccc([N+](=O)[O-])cc2)ccc1O. The Kier molecular flexibility index (Phi) is 3.14. The zero-order valence-electron chi connectivity index (χ0n) is 9.66. The molecule has 2 aromatic carbocycles. The number of non-ortho nitro benzene ring substituents is 1. The van der Waals surface area contributed by atoms with Crippen molar-refractivity contribution in [3.63, 3.8) is 0 Å². The minimum absolute atomic E-state index is 0.0458. The van der Waals surface area contributed by atoms with Gasteiger partial charge in [0.25, 0.3) is 5.69 Å². The number of nitro groups is 1. The van der Waals surface area contributed by atoms with Crippen molar-refractivity contribution in [3.8, 4) is 22.6 Å². The van der Waals surface area contributed by atoms with Gasteiger partial charge in [0, 0.05) is 12.1 Å². The maximum Gasteiger partial charge on any atom is 0.269 e. The topological polar surface area (TPSA) is 72.6 Å². The fraction of sp³-hybridized carbons (Fsp3) is 0.0769. The highest BCUT2D eigenvalue weighted by Gasteiger charge is 2.07. The van der Waals surface area contributed by atoms with E-state index in [9.17, 15) is 15.2 Å². The average Bonchev–Trinajstić information content (AvgIpc) is 2.39. The highest BCUT2D eigenvalue weighted by Crippen LogP contribution is 2.31. The summed E-state index contributed by atoms with van der Waals surface area (Å²) in [7, 11) is 1.47. The molecule has 0 heterocycles. The van der Waals surface area contributed by atoms with Crippen LogP contribution in [-0.4, -0.2) is 17.1 Å². The Morgan fingerprint density at radius 2 is 1.72 bits per heavy atom. The van der Waals surface area contributed by atoms with E-state index < -0.39 is 4.92 Å². The van der Waals surface area contributed by atoms with Crippen LogP contribution in [0.25, 0.3) is 11.1 Å². The van der Waals surface area contributed by atoms with Gasteiger partial charge in [-0.2, -0.15) is 0 Å². The molecule has 2 aromatic rings. The van der Waals surface area contributed by atoms with Crippen LogP contribution in [0.1, 0.15) is 0 Å². The molecule has 0 bridgehead atoms. The highest BCUT2D eigenvalue weighted by molar-refractivity contribution is 5.68. The summed E-state index contributed by atoms with van der Waals surface area (Å²) in [6, 6.07) is 11.1. The van der Waals surface area contributed by atoms with E-state index in [0.717, 1.165) is 11.1 Å². The van der Waals surface area contributed by atoms with Crippen LogP contribution in [0.2, 0.25) is 0 Å². The molecular weight excluding hydrogens is 234 g/mol. The summed E-state index contributed by atoms with van der Waals surface area (Å²) in [5.74, 6) is 0.425. The minimum atomic E-state index is -0.443. The highest BCUT2D eigenvalue weighted by atomic mass is 16.6. The van der Waals surface area contributed by atoms with Gasteiger partial charge in [0.15, 0.2) is 11.5 Å². The number of hydrogen-bond donors (Lipinski definition) is 1. The number of benzene rings is 2. The molecule has 2 rings (SSSR count). The second-order valence-electron chi connectivity index (χ2n) is 3.69. The maximum absolute atomic E-state index is 10.5. The van der Waals surface area contributed by atoms with Gasteiger partial charge < -0.3 is 9.84 Å². The Balaban J connectivity index is 2.39. The van der Waals surface area contributed by atoms with Crippen LogP contribution in [0, 0.1) is 10.1 Å². The number of rotatable bonds is 3. The van der Waals surface area contributed by atoms with Crippen molar-refractivity contribution < 1.29 is 14.8 Å². The van der Waals surface area contributed by atoms with Crippen molar-refractivity contribution in [2.75, 3.05) is 7.11 Å². The van der Waals surface area contributed by atoms with Crippen molar-refractivity contribution in [1.29, 1.82) is 0 Å². The average molecular weight is 245 g/mol. The molecular formula is C13H11NO4. The fourth-order valence-corrected chi connectivity index (χ4v) is 1.63. The van der Waals surface area contributed by atoms with E-state index in [4.69, 9.17) is 4.74 Å². The largest absolute Gasteiger partial charge is 0.504 e. The quantitative estimate of drug-likeness (QED) is 0.666. The van der Waals surface area contributed by atoms with Crippen LogP contribution < -0.4 is 4.74 Å². The predicted octanol–water partition coefficient (Wildman–Crippen LogP) is 2.98. The number of aromatic hydroxyl groups is 1. The van der Waals surface area contributed by atoms with Gasteiger partial charge in [-0.1, -0.05) is 6.07 Å². The van der Waals surface area contributed by atoms with Crippen LogP contribution in [0.4, 0.5) is 5.69 Å². The first-order valence-corrected chi connectivity index (χ1v) is 5.23. The normalized spacial score (nSPS) is 10.1. The Hall–Kier alpha value is -2.56. The lowest BCUT2D eigenvalue weighted by molar-refractivity contribution is -0.384. The van der Waals surface area contributed by atoms with E-state index in [1.165, 1.54) is 25.3 Å². The number of phenols is 1. The van der Waals surface area contributed by atoms with E-state index in [1.54, 1.807) is 24.3 Å². The van der Waals surface area contributed by atoms with E-state index in [2.05, 4.69) is 0 Å². The molecule has 18 heavy (non-hydrogen) atoms. The second kappa shape index (κ2) is 4.75.